The normalized spacial score (nSPS) is 11.9. The first-order valence-corrected chi connectivity index (χ1v) is 6.95. The molecule has 1 aromatic heterocycles. The lowest BCUT2D eigenvalue weighted by atomic mass is 9.99. The molecule has 0 aliphatic rings. The van der Waals surface area contributed by atoms with Crippen LogP contribution in [0.4, 0.5) is 0 Å². The van der Waals surface area contributed by atoms with E-state index in [9.17, 15) is 4.79 Å². The van der Waals surface area contributed by atoms with Gasteiger partial charge in [0.2, 0.25) is 0 Å². The van der Waals surface area contributed by atoms with Crippen molar-refractivity contribution >= 4 is 17.2 Å². The third-order valence-corrected chi connectivity index (χ3v) is 4.77. The molecule has 18 heavy (non-hydrogen) atoms. The topological polar surface area (TPSA) is 58.4 Å². The zero-order chi connectivity index (χ0) is 13.9. The maximum atomic E-state index is 11.5. The van der Waals surface area contributed by atoms with Gasteiger partial charge in [0, 0.05) is 17.0 Å². The summed E-state index contributed by atoms with van der Waals surface area (Å²) < 4.78 is 0. The van der Waals surface area contributed by atoms with Crippen molar-refractivity contribution in [1.82, 2.24) is 10.3 Å². The van der Waals surface area contributed by atoms with Crippen molar-refractivity contribution in [2.75, 3.05) is 7.05 Å². The Morgan fingerprint density at radius 2 is 2.17 bits per heavy atom. The van der Waals surface area contributed by atoms with Gasteiger partial charge in [-0.3, -0.25) is 15.1 Å². The molecule has 1 aromatic rings. The molecule has 1 amide bonds. The SMILES string of the molecule is CCC(C)(C)N(C)Cc1cc(C(=O)NN)sc1C. The van der Waals surface area contributed by atoms with Crippen LogP contribution >= 0.6 is 11.3 Å². The lowest BCUT2D eigenvalue weighted by Crippen LogP contribution is -2.39. The molecule has 0 unspecified atom stereocenters. The Kier molecular flexibility index (Phi) is 4.90. The Morgan fingerprint density at radius 1 is 1.56 bits per heavy atom. The van der Waals surface area contributed by atoms with E-state index in [4.69, 9.17) is 5.84 Å². The standard InChI is InChI=1S/C13H23N3OS/c1-6-13(3,4)16(5)8-10-7-11(12(17)15-14)18-9(10)2/h7H,6,8,14H2,1-5H3,(H,15,17). The fraction of sp³-hybridized carbons (Fsp3) is 0.615. The van der Waals surface area contributed by atoms with Gasteiger partial charge in [0.15, 0.2) is 0 Å². The molecule has 0 aromatic carbocycles. The van der Waals surface area contributed by atoms with Gasteiger partial charge in [-0.15, -0.1) is 11.3 Å². The molecule has 3 N–H and O–H groups in total. The van der Waals surface area contributed by atoms with Crippen LogP contribution in [0.1, 0.15) is 47.3 Å². The molecule has 0 aliphatic heterocycles. The third kappa shape index (κ3) is 3.31. The highest BCUT2D eigenvalue weighted by atomic mass is 32.1. The van der Waals surface area contributed by atoms with Gasteiger partial charge in [0.05, 0.1) is 4.88 Å². The number of hydrogen-bond donors (Lipinski definition) is 2. The minimum Gasteiger partial charge on any atom is -0.297 e. The van der Waals surface area contributed by atoms with Gasteiger partial charge in [0.25, 0.3) is 5.91 Å². The van der Waals surface area contributed by atoms with E-state index in [1.165, 1.54) is 21.8 Å². The largest absolute Gasteiger partial charge is 0.297 e. The highest BCUT2D eigenvalue weighted by Crippen LogP contribution is 2.26. The van der Waals surface area contributed by atoms with Crippen LogP contribution in [0.15, 0.2) is 6.07 Å². The number of carbonyl (C=O) groups excluding carboxylic acids is 1. The second kappa shape index (κ2) is 5.82. The molecule has 5 heteroatoms. The maximum Gasteiger partial charge on any atom is 0.275 e. The number of hydrazine groups is 1. The number of carbonyl (C=O) groups is 1. The van der Waals surface area contributed by atoms with Crippen molar-refractivity contribution < 1.29 is 4.79 Å². The van der Waals surface area contributed by atoms with Crippen molar-refractivity contribution in [2.45, 2.75) is 46.2 Å². The minimum atomic E-state index is -0.216. The van der Waals surface area contributed by atoms with Gasteiger partial charge in [-0.2, -0.15) is 0 Å². The summed E-state index contributed by atoms with van der Waals surface area (Å²) in [5.41, 5.74) is 3.53. The molecular formula is C13H23N3OS. The average Bonchev–Trinajstić information content (AvgIpc) is 2.69. The molecule has 0 spiro atoms. The van der Waals surface area contributed by atoms with Gasteiger partial charge in [0.1, 0.15) is 0 Å². The van der Waals surface area contributed by atoms with Gasteiger partial charge in [-0.25, -0.2) is 5.84 Å². The summed E-state index contributed by atoms with van der Waals surface area (Å²) in [6.07, 6.45) is 1.09. The fourth-order valence-electron chi connectivity index (χ4n) is 1.60. The number of nitrogens with one attached hydrogen (secondary N) is 1. The molecule has 102 valence electrons. The van der Waals surface area contributed by atoms with Crippen molar-refractivity contribution in [3.8, 4) is 0 Å². The smallest absolute Gasteiger partial charge is 0.275 e. The predicted octanol–water partition coefficient (Wildman–Crippen LogP) is 2.28. The van der Waals surface area contributed by atoms with Crippen molar-refractivity contribution in [1.29, 1.82) is 0 Å². The van der Waals surface area contributed by atoms with Gasteiger partial charge >= 0.3 is 0 Å². The highest BCUT2D eigenvalue weighted by molar-refractivity contribution is 7.14. The van der Waals surface area contributed by atoms with Crippen molar-refractivity contribution in [3.05, 3.63) is 21.4 Å². The van der Waals surface area contributed by atoms with E-state index in [0.29, 0.717) is 4.88 Å². The second-order valence-corrected chi connectivity index (χ2v) is 6.44. The number of rotatable bonds is 5. The van der Waals surface area contributed by atoms with Crippen molar-refractivity contribution in [2.24, 2.45) is 5.84 Å². The highest BCUT2D eigenvalue weighted by Gasteiger charge is 2.22. The van der Waals surface area contributed by atoms with E-state index in [0.717, 1.165) is 13.0 Å². The Hall–Kier alpha value is -0.910. The quantitative estimate of drug-likeness (QED) is 0.490. The summed E-state index contributed by atoms with van der Waals surface area (Å²) in [5.74, 6) is 4.94. The average molecular weight is 269 g/mol. The Labute approximate surface area is 113 Å². The molecule has 4 nitrogen and oxygen atoms in total. The zero-order valence-electron chi connectivity index (χ0n) is 11.8. The van der Waals surface area contributed by atoms with Crippen LogP contribution in [-0.4, -0.2) is 23.4 Å². The predicted molar refractivity (Wildman–Crippen MR) is 76.5 cm³/mol. The van der Waals surface area contributed by atoms with Crippen LogP contribution in [0.2, 0.25) is 0 Å². The number of aryl methyl sites for hydroxylation is 1. The number of nitrogens with zero attached hydrogens (tertiary/aromatic N) is 1. The number of amides is 1. The van der Waals surface area contributed by atoms with Crippen LogP contribution in [0.5, 0.6) is 0 Å². The van der Waals surface area contributed by atoms with E-state index < -0.39 is 0 Å². The number of nitrogen functional groups attached to an aromatic ring is 1. The molecule has 1 heterocycles. The van der Waals surface area contributed by atoms with E-state index in [1.807, 2.05) is 13.0 Å². The Bertz CT molecular complexity index is 426. The lowest BCUT2D eigenvalue weighted by Gasteiger charge is -2.34. The van der Waals surface area contributed by atoms with Crippen LogP contribution < -0.4 is 11.3 Å². The number of thiophene rings is 1. The second-order valence-electron chi connectivity index (χ2n) is 5.19. The first-order chi connectivity index (χ1) is 8.31. The summed E-state index contributed by atoms with van der Waals surface area (Å²) in [7, 11) is 2.11. The number of nitrogens with two attached hydrogens (primary N) is 1. The maximum absolute atomic E-state index is 11.5. The summed E-state index contributed by atoms with van der Waals surface area (Å²) in [4.78, 5) is 15.6. The van der Waals surface area contributed by atoms with E-state index >= 15 is 0 Å². The minimum absolute atomic E-state index is 0.157. The Morgan fingerprint density at radius 3 is 2.67 bits per heavy atom. The molecule has 0 saturated carbocycles. The molecule has 0 fully saturated rings. The summed E-state index contributed by atoms with van der Waals surface area (Å²) >= 11 is 1.49. The molecule has 0 radical (unpaired) electrons. The molecule has 0 aliphatic carbocycles. The zero-order valence-corrected chi connectivity index (χ0v) is 12.6. The first-order valence-electron chi connectivity index (χ1n) is 6.13. The summed E-state index contributed by atoms with van der Waals surface area (Å²) in [6, 6.07) is 1.93. The van der Waals surface area contributed by atoms with E-state index in [2.05, 4.69) is 38.1 Å². The van der Waals surface area contributed by atoms with Crippen molar-refractivity contribution in [3.63, 3.8) is 0 Å². The molecule has 0 bridgehead atoms. The van der Waals surface area contributed by atoms with Gasteiger partial charge in [-0.05, 0) is 45.9 Å². The number of hydrogen-bond acceptors (Lipinski definition) is 4. The van der Waals surface area contributed by atoms with E-state index in [-0.39, 0.29) is 11.4 Å². The molecule has 0 saturated heterocycles. The molecule has 1 rings (SSSR count). The van der Waals surface area contributed by atoms with Crippen LogP contribution in [0, 0.1) is 6.92 Å². The fourth-order valence-corrected chi connectivity index (χ4v) is 2.54. The lowest BCUT2D eigenvalue weighted by molar-refractivity contribution is 0.0957. The molecule has 0 atom stereocenters. The van der Waals surface area contributed by atoms with Gasteiger partial charge < -0.3 is 0 Å². The summed E-state index contributed by atoms with van der Waals surface area (Å²) in [5, 5.41) is 0. The van der Waals surface area contributed by atoms with Crippen LogP contribution in [0.3, 0.4) is 0 Å². The molecular weight excluding hydrogens is 246 g/mol. The monoisotopic (exact) mass is 269 g/mol. The van der Waals surface area contributed by atoms with Crippen LogP contribution in [0.25, 0.3) is 0 Å². The first kappa shape index (κ1) is 15.1. The Balaban J connectivity index is 2.86. The third-order valence-electron chi connectivity index (χ3n) is 3.68. The van der Waals surface area contributed by atoms with Crippen LogP contribution in [-0.2, 0) is 6.54 Å². The van der Waals surface area contributed by atoms with E-state index in [1.54, 1.807) is 0 Å². The summed E-state index contributed by atoms with van der Waals surface area (Å²) in [6.45, 7) is 9.52. The van der Waals surface area contributed by atoms with Gasteiger partial charge in [-0.1, -0.05) is 6.92 Å².